The van der Waals surface area contributed by atoms with Crippen molar-refractivity contribution in [3.63, 3.8) is 0 Å². The van der Waals surface area contributed by atoms with Crippen LogP contribution in [0.25, 0.3) is 0 Å². The Labute approximate surface area is 149 Å². The van der Waals surface area contributed by atoms with Crippen molar-refractivity contribution in [3.05, 3.63) is 29.3 Å². The number of nitrogens with zero attached hydrogens (tertiary/aromatic N) is 2. The van der Waals surface area contributed by atoms with E-state index in [1.165, 1.54) is 21.7 Å². The molecule has 1 fully saturated rings. The molecule has 1 aromatic carbocycles. The van der Waals surface area contributed by atoms with Crippen LogP contribution in [0, 0.1) is 5.92 Å². The van der Waals surface area contributed by atoms with Crippen LogP contribution in [0.15, 0.2) is 18.2 Å². The van der Waals surface area contributed by atoms with Gasteiger partial charge in [0.05, 0.1) is 19.4 Å². The van der Waals surface area contributed by atoms with Gasteiger partial charge in [-0.25, -0.2) is 12.7 Å². The van der Waals surface area contributed by atoms with Gasteiger partial charge in [-0.2, -0.15) is 0 Å². The molecule has 0 aromatic heterocycles. The van der Waals surface area contributed by atoms with Crippen LogP contribution in [0.3, 0.4) is 0 Å². The summed E-state index contributed by atoms with van der Waals surface area (Å²) in [6.45, 7) is 3.64. The van der Waals surface area contributed by atoms with Gasteiger partial charge in [0, 0.05) is 25.6 Å². The van der Waals surface area contributed by atoms with Crippen LogP contribution in [0.1, 0.15) is 36.9 Å². The van der Waals surface area contributed by atoms with Gasteiger partial charge in [0.2, 0.25) is 15.9 Å². The molecule has 0 aliphatic carbocycles. The zero-order valence-electron chi connectivity index (χ0n) is 15.1. The highest BCUT2D eigenvalue weighted by Gasteiger charge is 2.35. The molecule has 0 N–H and O–H groups in total. The molecule has 1 amide bonds. The summed E-state index contributed by atoms with van der Waals surface area (Å²) < 4.78 is 30.0. The summed E-state index contributed by atoms with van der Waals surface area (Å²) in [4.78, 5) is 14.9. The second kappa shape index (κ2) is 6.96. The molecule has 25 heavy (non-hydrogen) atoms. The van der Waals surface area contributed by atoms with E-state index >= 15 is 0 Å². The van der Waals surface area contributed by atoms with Crippen LogP contribution in [0.5, 0.6) is 5.75 Å². The van der Waals surface area contributed by atoms with Crippen LogP contribution in [-0.4, -0.2) is 56.5 Å². The summed E-state index contributed by atoms with van der Waals surface area (Å²) in [5, 5.41) is 0. The number of methoxy groups -OCH3 is 1. The maximum absolute atomic E-state index is 13.0. The van der Waals surface area contributed by atoms with E-state index in [4.69, 9.17) is 4.74 Å². The predicted octanol–water partition coefficient (Wildman–Crippen LogP) is 1.81. The molecule has 0 bridgehead atoms. The van der Waals surface area contributed by atoms with Crippen LogP contribution in [0.2, 0.25) is 0 Å². The maximum atomic E-state index is 13.0. The second-order valence-corrected chi connectivity index (χ2v) is 8.94. The lowest BCUT2D eigenvalue weighted by molar-refractivity contribution is -0.139. The van der Waals surface area contributed by atoms with Crippen molar-refractivity contribution < 1.29 is 17.9 Å². The van der Waals surface area contributed by atoms with E-state index in [2.05, 4.69) is 13.0 Å². The Bertz CT molecular complexity index is 754. The second-order valence-electron chi connectivity index (χ2n) is 6.96. The summed E-state index contributed by atoms with van der Waals surface area (Å²) >= 11 is 0. The molecule has 2 aliphatic heterocycles. The fraction of sp³-hybridized carbons (Fsp3) is 0.611. The number of piperidine rings is 1. The molecule has 1 aromatic rings. The zero-order valence-corrected chi connectivity index (χ0v) is 15.9. The lowest BCUT2D eigenvalue weighted by Crippen LogP contribution is -2.46. The first kappa shape index (κ1) is 18.2. The van der Waals surface area contributed by atoms with Gasteiger partial charge in [0.15, 0.2) is 0 Å². The Balaban J connectivity index is 1.69. The Kier molecular flexibility index (Phi) is 5.06. The predicted molar refractivity (Wildman–Crippen MR) is 96.0 cm³/mol. The quantitative estimate of drug-likeness (QED) is 0.818. The average molecular weight is 366 g/mol. The van der Waals surface area contributed by atoms with Gasteiger partial charge in [-0.05, 0) is 49.4 Å². The largest absolute Gasteiger partial charge is 0.497 e. The first-order valence-electron chi connectivity index (χ1n) is 8.73. The van der Waals surface area contributed by atoms with Gasteiger partial charge in [0.1, 0.15) is 5.75 Å². The van der Waals surface area contributed by atoms with Crippen molar-refractivity contribution in [2.45, 2.75) is 32.2 Å². The molecule has 0 saturated carbocycles. The fourth-order valence-electron chi connectivity index (χ4n) is 3.91. The minimum absolute atomic E-state index is 0.0371. The lowest BCUT2D eigenvalue weighted by Gasteiger charge is -2.39. The number of amides is 1. The molecule has 2 heterocycles. The van der Waals surface area contributed by atoms with Crippen LogP contribution >= 0.6 is 0 Å². The minimum Gasteiger partial charge on any atom is -0.497 e. The van der Waals surface area contributed by atoms with Gasteiger partial charge < -0.3 is 9.64 Å². The first-order valence-corrected chi connectivity index (χ1v) is 10.6. The molecular weight excluding hydrogens is 340 g/mol. The summed E-state index contributed by atoms with van der Waals surface area (Å²) in [5.74, 6) is 0.918. The van der Waals surface area contributed by atoms with Crippen molar-refractivity contribution in [2.75, 3.05) is 33.0 Å². The molecule has 138 valence electrons. The van der Waals surface area contributed by atoms with Crippen molar-refractivity contribution in [3.8, 4) is 5.75 Å². The van der Waals surface area contributed by atoms with Crippen molar-refractivity contribution in [1.82, 2.24) is 9.21 Å². The Hall–Kier alpha value is -1.60. The minimum atomic E-state index is -3.16. The molecule has 1 atom stereocenters. The van der Waals surface area contributed by atoms with Gasteiger partial charge in [-0.3, -0.25) is 4.79 Å². The summed E-state index contributed by atoms with van der Waals surface area (Å²) in [6.07, 6.45) is 3.26. The highest BCUT2D eigenvalue weighted by molar-refractivity contribution is 7.88. The third kappa shape index (κ3) is 3.67. The molecule has 3 rings (SSSR count). The molecule has 1 saturated heterocycles. The number of carbonyl (C=O) groups excluding carboxylic acids is 1. The third-order valence-electron chi connectivity index (χ3n) is 5.45. The summed E-state index contributed by atoms with van der Waals surface area (Å²) in [7, 11) is -1.50. The molecule has 7 heteroatoms. The Morgan fingerprint density at radius 3 is 2.48 bits per heavy atom. The van der Waals surface area contributed by atoms with E-state index in [9.17, 15) is 13.2 Å². The zero-order chi connectivity index (χ0) is 18.2. The molecule has 6 nitrogen and oxygen atoms in total. The number of fused-ring (bicyclic) bond motifs is 1. The molecular formula is C18H26N2O4S. The van der Waals surface area contributed by atoms with E-state index in [-0.39, 0.29) is 17.9 Å². The monoisotopic (exact) mass is 366 g/mol. The number of ether oxygens (including phenoxy) is 1. The standard InChI is InChI=1S/C18H26N2O4S/c1-13-17-5-4-16(24-2)12-15(17)8-11-20(13)18(21)14-6-9-19(10-7-14)25(3,22)23/h4-5,12-14H,6-11H2,1-3H3. The van der Waals surface area contributed by atoms with E-state index in [0.717, 1.165) is 12.2 Å². The van der Waals surface area contributed by atoms with Crippen LogP contribution < -0.4 is 4.74 Å². The number of carbonyl (C=O) groups is 1. The number of benzene rings is 1. The van der Waals surface area contributed by atoms with Gasteiger partial charge in [-0.15, -0.1) is 0 Å². The molecule has 2 aliphatic rings. The molecule has 0 radical (unpaired) electrons. The number of sulfonamides is 1. The topological polar surface area (TPSA) is 66.9 Å². The molecule has 0 spiro atoms. The van der Waals surface area contributed by atoms with Crippen molar-refractivity contribution >= 4 is 15.9 Å². The maximum Gasteiger partial charge on any atom is 0.226 e. The van der Waals surface area contributed by atoms with Gasteiger partial charge in [0.25, 0.3) is 0 Å². The number of rotatable bonds is 3. The number of hydrogen-bond acceptors (Lipinski definition) is 4. The van der Waals surface area contributed by atoms with E-state index < -0.39 is 10.0 Å². The van der Waals surface area contributed by atoms with Crippen molar-refractivity contribution in [2.24, 2.45) is 5.92 Å². The summed E-state index contributed by atoms with van der Waals surface area (Å²) in [6, 6.07) is 6.08. The highest BCUT2D eigenvalue weighted by Crippen LogP contribution is 2.34. The van der Waals surface area contributed by atoms with Gasteiger partial charge in [-0.1, -0.05) is 6.07 Å². The number of hydrogen-bond donors (Lipinski definition) is 0. The van der Waals surface area contributed by atoms with Gasteiger partial charge >= 0.3 is 0 Å². The third-order valence-corrected chi connectivity index (χ3v) is 6.75. The van der Waals surface area contributed by atoms with E-state index in [0.29, 0.717) is 32.5 Å². The first-order chi connectivity index (χ1) is 11.8. The molecule has 1 unspecified atom stereocenters. The van der Waals surface area contributed by atoms with E-state index in [1.807, 2.05) is 17.0 Å². The average Bonchev–Trinajstić information content (AvgIpc) is 2.60. The fourth-order valence-corrected chi connectivity index (χ4v) is 4.78. The SMILES string of the molecule is COc1ccc2c(c1)CCN(C(=O)C1CCN(S(C)(=O)=O)CC1)C2C. The van der Waals surface area contributed by atoms with Crippen LogP contribution in [0.4, 0.5) is 0 Å². The van der Waals surface area contributed by atoms with Crippen LogP contribution in [-0.2, 0) is 21.2 Å². The normalized spacial score (nSPS) is 22.5. The highest BCUT2D eigenvalue weighted by atomic mass is 32.2. The smallest absolute Gasteiger partial charge is 0.226 e. The van der Waals surface area contributed by atoms with Crippen molar-refractivity contribution in [1.29, 1.82) is 0 Å². The Morgan fingerprint density at radius 2 is 1.88 bits per heavy atom. The van der Waals surface area contributed by atoms with E-state index in [1.54, 1.807) is 7.11 Å². The Morgan fingerprint density at radius 1 is 1.20 bits per heavy atom. The summed E-state index contributed by atoms with van der Waals surface area (Å²) in [5.41, 5.74) is 2.41. The lowest BCUT2D eigenvalue weighted by atomic mass is 9.90.